The van der Waals surface area contributed by atoms with Gasteiger partial charge < -0.3 is 24.9 Å². The summed E-state index contributed by atoms with van der Waals surface area (Å²) in [4.78, 5) is 20.5. The first-order valence-corrected chi connectivity index (χ1v) is 13.3. The van der Waals surface area contributed by atoms with Crippen molar-refractivity contribution in [3.8, 4) is 0 Å². The smallest absolute Gasteiger partial charge is 0.393 e. The van der Waals surface area contributed by atoms with E-state index in [1.807, 2.05) is 4.90 Å². The average Bonchev–Trinajstić information content (AvgIpc) is 2.89. The lowest BCUT2D eigenvalue weighted by molar-refractivity contribution is -0.137. The molecule has 0 atom stereocenters. The van der Waals surface area contributed by atoms with Crippen molar-refractivity contribution in [3.05, 3.63) is 34.3 Å². The van der Waals surface area contributed by atoms with Crippen LogP contribution in [0.2, 0.25) is 5.02 Å². The van der Waals surface area contributed by atoms with Crippen LogP contribution in [-0.4, -0.2) is 70.5 Å². The van der Waals surface area contributed by atoms with Crippen molar-refractivity contribution in [2.24, 2.45) is 0 Å². The first-order valence-electron chi connectivity index (χ1n) is 12.9. The van der Waals surface area contributed by atoms with Gasteiger partial charge in [-0.15, -0.1) is 0 Å². The molecule has 0 unspecified atom stereocenters. The first kappa shape index (κ1) is 26.2. The summed E-state index contributed by atoms with van der Waals surface area (Å²) in [6.07, 6.45) is 0.162. The van der Waals surface area contributed by atoms with E-state index in [0.29, 0.717) is 56.9 Å². The number of aliphatic hydroxyl groups excluding tert-OH is 1. The zero-order chi connectivity index (χ0) is 26.2. The van der Waals surface area contributed by atoms with Gasteiger partial charge in [-0.25, -0.2) is 0 Å². The van der Waals surface area contributed by atoms with Crippen molar-refractivity contribution < 1.29 is 23.4 Å². The molecule has 202 valence electrons. The Kier molecular flexibility index (Phi) is 7.39. The SMILES string of the molecule is OC1CCN(c2nc(N3CCCCC3)nc(N3CCC(O)(c4ccc(Cl)c(C(F)(F)F)c4)CC3)n2)CC1. The van der Waals surface area contributed by atoms with Gasteiger partial charge in [-0.05, 0) is 62.6 Å². The van der Waals surface area contributed by atoms with Gasteiger partial charge in [0.15, 0.2) is 0 Å². The third-order valence-corrected chi connectivity index (χ3v) is 8.00. The van der Waals surface area contributed by atoms with Crippen LogP contribution in [0, 0.1) is 0 Å². The van der Waals surface area contributed by atoms with E-state index in [-0.39, 0.29) is 29.5 Å². The van der Waals surface area contributed by atoms with E-state index in [1.54, 1.807) is 0 Å². The molecule has 37 heavy (non-hydrogen) atoms. The van der Waals surface area contributed by atoms with Gasteiger partial charge in [-0.2, -0.15) is 28.1 Å². The van der Waals surface area contributed by atoms with E-state index in [0.717, 1.165) is 32.0 Å². The van der Waals surface area contributed by atoms with Crippen LogP contribution in [0.4, 0.5) is 31.0 Å². The van der Waals surface area contributed by atoms with Gasteiger partial charge in [0.05, 0.1) is 22.3 Å². The van der Waals surface area contributed by atoms with E-state index in [9.17, 15) is 23.4 Å². The molecule has 3 aliphatic heterocycles. The van der Waals surface area contributed by atoms with Crippen LogP contribution < -0.4 is 14.7 Å². The Bertz CT molecular complexity index is 1100. The maximum absolute atomic E-state index is 13.4. The maximum Gasteiger partial charge on any atom is 0.417 e. The molecule has 0 radical (unpaired) electrons. The molecule has 12 heteroatoms. The Morgan fingerprint density at radius 3 is 1.86 bits per heavy atom. The summed E-state index contributed by atoms with van der Waals surface area (Å²) < 4.78 is 40.2. The standard InChI is InChI=1S/C25H32ClF3N6O2/c26-20-5-4-17(16-19(20)25(27,28)29)24(37)8-14-35(15-9-24)23-31-21(33-10-2-1-3-11-33)30-22(32-23)34-12-6-18(36)7-13-34/h4-5,16,18,36-37H,1-3,6-15H2. The van der Waals surface area contributed by atoms with E-state index in [2.05, 4.69) is 9.80 Å². The number of benzene rings is 1. The van der Waals surface area contributed by atoms with E-state index >= 15 is 0 Å². The number of hydrogen-bond donors (Lipinski definition) is 2. The van der Waals surface area contributed by atoms with Gasteiger partial charge in [0.1, 0.15) is 0 Å². The van der Waals surface area contributed by atoms with Gasteiger partial charge in [-0.3, -0.25) is 0 Å². The largest absolute Gasteiger partial charge is 0.417 e. The number of alkyl halides is 3. The van der Waals surface area contributed by atoms with E-state index < -0.39 is 17.3 Å². The maximum atomic E-state index is 13.4. The number of rotatable bonds is 4. The quantitative estimate of drug-likeness (QED) is 0.602. The fourth-order valence-electron chi connectivity index (χ4n) is 5.32. The molecular weight excluding hydrogens is 509 g/mol. The van der Waals surface area contributed by atoms with Crippen molar-refractivity contribution in [1.29, 1.82) is 0 Å². The molecule has 4 heterocycles. The molecule has 0 aliphatic carbocycles. The Hall–Kier alpha value is -2.37. The fraction of sp³-hybridized carbons (Fsp3) is 0.640. The lowest BCUT2D eigenvalue weighted by atomic mass is 9.84. The summed E-state index contributed by atoms with van der Waals surface area (Å²) in [5.41, 5.74) is -2.14. The van der Waals surface area contributed by atoms with Crippen molar-refractivity contribution in [2.75, 3.05) is 54.0 Å². The highest BCUT2D eigenvalue weighted by Gasteiger charge is 2.39. The molecule has 0 saturated carbocycles. The van der Waals surface area contributed by atoms with Crippen LogP contribution in [-0.2, 0) is 11.8 Å². The highest BCUT2D eigenvalue weighted by molar-refractivity contribution is 6.31. The molecule has 2 N–H and O–H groups in total. The molecule has 0 amide bonds. The Labute approximate surface area is 219 Å². The minimum absolute atomic E-state index is 0.209. The number of anilines is 3. The Balaban J connectivity index is 1.38. The number of hydrogen-bond acceptors (Lipinski definition) is 8. The van der Waals surface area contributed by atoms with Crippen molar-refractivity contribution in [3.63, 3.8) is 0 Å². The number of halogens is 4. The third-order valence-electron chi connectivity index (χ3n) is 7.67. The summed E-state index contributed by atoms with van der Waals surface area (Å²) >= 11 is 5.78. The van der Waals surface area contributed by atoms with Crippen LogP contribution in [0.15, 0.2) is 18.2 Å². The summed E-state index contributed by atoms with van der Waals surface area (Å²) in [5.74, 6) is 1.70. The van der Waals surface area contributed by atoms with Crippen LogP contribution >= 0.6 is 11.6 Å². The van der Waals surface area contributed by atoms with Crippen LogP contribution in [0.25, 0.3) is 0 Å². The molecule has 0 bridgehead atoms. The minimum Gasteiger partial charge on any atom is -0.393 e. The highest BCUT2D eigenvalue weighted by Crippen LogP contribution is 2.40. The number of piperidine rings is 3. The topological polar surface area (TPSA) is 88.9 Å². The van der Waals surface area contributed by atoms with E-state index in [1.165, 1.54) is 18.6 Å². The van der Waals surface area contributed by atoms with Gasteiger partial charge in [-0.1, -0.05) is 17.7 Å². The molecule has 3 aliphatic rings. The normalized spacial score (nSPS) is 21.4. The number of nitrogens with zero attached hydrogens (tertiary/aromatic N) is 6. The lowest BCUT2D eigenvalue weighted by Gasteiger charge is -2.39. The molecule has 3 saturated heterocycles. The van der Waals surface area contributed by atoms with Gasteiger partial charge in [0.25, 0.3) is 0 Å². The van der Waals surface area contributed by atoms with Crippen LogP contribution in [0.3, 0.4) is 0 Å². The van der Waals surface area contributed by atoms with Gasteiger partial charge in [0, 0.05) is 39.3 Å². The zero-order valence-electron chi connectivity index (χ0n) is 20.6. The van der Waals surface area contributed by atoms with E-state index in [4.69, 9.17) is 26.6 Å². The zero-order valence-corrected chi connectivity index (χ0v) is 21.3. The van der Waals surface area contributed by atoms with Crippen molar-refractivity contribution >= 4 is 29.4 Å². The summed E-state index contributed by atoms with van der Waals surface area (Å²) in [5, 5.41) is 20.8. The monoisotopic (exact) mass is 540 g/mol. The predicted octanol–water partition coefficient (Wildman–Crippen LogP) is 3.98. The second-order valence-corrected chi connectivity index (χ2v) is 10.6. The van der Waals surface area contributed by atoms with Crippen LogP contribution in [0.5, 0.6) is 0 Å². The highest BCUT2D eigenvalue weighted by atomic mass is 35.5. The van der Waals surface area contributed by atoms with Gasteiger partial charge >= 0.3 is 6.18 Å². The molecule has 5 rings (SSSR count). The third kappa shape index (κ3) is 5.73. The van der Waals surface area contributed by atoms with Crippen LogP contribution in [0.1, 0.15) is 56.1 Å². The first-order chi connectivity index (χ1) is 17.6. The molecule has 1 aromatic heterocycles. The molecule has 1 aromatic carbocycles. The predicted molar refractivity (Wildman–Crippen MR) is 135 cm³/mol. The average molecular weight is 541 g/mol. The Morgan fingerprint density at radius 1 is 0.811 bits per heavy atom. The molecule has 3 fully saturated rings. The number of aromatic nitrogens is 3. The molecule has 2 aromatic rings. The Morgan fingerprint density at radius 2 is 1.32 bits per heavy atom. The number of aliphatic hydroxyl groups is 2. The van der Waals surface area contributed by atoms with Crippen molar-refractivity contribution in [1.82, 2.24) is 15.0 Å². The fourth-order valence-corrected chi connectivity index (χ4v) is 5.55. The molecular formula is C25H32ClF3N6O2. The summed E-state index contributed by atoms with van der Waals surface area (Å²) in [6.45, 7) is 3.81. The summed E-state index contributed by atoms with van der Waals surface area (Å²) in [6, 6.07) is 3.62. The summed E-state index contributed by atoms with van der Waals surface area (Å²) in [7, 11) is 0. The second-order valence-electron chi connectivity index (χ2n) is 10.2. The molecule has 0 spiro atoms. The minimum atomic E-state index is -4.60. The lowest BCUT2D eigenvalue weighted by Crippen LogP contribution is -2.44. The molecule has 8 nitrogen and oxygen atoms in total. The second kappa shape index (κ2) is 10.4. The van der Waals surface area contributed by atoms with Gasteiger partial charge in [0.2, 0.25) is 17.8 Å². The van der Waals surface area contributed by atoms with Crippen molar-refractivity contribution in [2.45, 2.75) is 62.8 Å².